The fourth-order valence-corrected chi connectivity index (χ4v) is 6.27. The molecule has 1 aliphatic heterocycles. The molecule has 7 nitrogen and oxygen atoms in total. The van der Waals surface area contributed by atoms with Crippen molar-refractivity contribution >= 4 is 29.5 Å². The van der Waals surface area contributed by atoms with Crippen molar-refractivity contribution in [2.24, 2.45) is 11.8 Å². The molecule has 2 bridgehead atoms. The van der Waals surface area contributed by atoms with Crippen molar-refractivity contribution in [3.8, 4) is 0 Å². The summed E-state index contributed by atoms with van der Waals surface area (Å²) in [6.07, 6.45) is 0.828. The van der Waals surface area contributed by atoms with Crippen molar-refractivity contribution in [2.75, 3.05) is 4.90 Å². The largest absolute Gasteiger partial charge is 0.302 e. The van der Waals surface area contributed by atoms with Gasteiger partial charge in [-0.3, -0.25) is 19.7 Å². The van der Waals surface area contributed by atoms with Crippen LogP contribution in [0.3, 0.4) is 0 Å². The Morgan fingerprint density at radius 2 is 1.55 bits per heavy atom. The molecule has 7 heteroatoms. The molecule has 2 atom stereocenters. The second-order valence-corrected chi connectivity index (χ2v) is 8.88. The van der Waals surface area contributed by atoms with Gasteiger partial charge in [0, 0.05) is 18.1 Å². The molecule has 1 heterocycles. The van der Waals surface area contributed by atoms with Crippen LogP contribution in [0.25, 0.3) is 0 Å². The molecule has 1 fully saturated rings. The van der Waals surface area contributed by atoms with Crippen molar-refractivity contribution in [2.45, 2.75) is 18.3 Å². The maximum atomic E-state index is 13.9. The molecule has 2 amide bonds. The summed E-state index contributed by atoms with van der Waals surface area (Å²) < 4.78 is 0. The summed E-state index contributed by atoms with van der Waals surface area (Å²) in [5, 5.41) is 11.2. The molecule has 4 aliphatic rings. The first-order valence-corrected chi connectivity index (χ1v) is 10.7. The van der Waals surface area contributed by atoms with Gasteiger partial charge in [-0.1, -0.05) is 48.5 Å². The van der Waals surface area contributed by atoms with E-state index in [4.69, 9.17) is 0 Å². The lowest BCUT2D eigenvalue weighted by Gasteiger charge is -2.51. The van der Waals surface area contributed by atoms with E-state index in [1.165, 1.54) is 18.2 Å². The number of hydrogen-bond donors (Lipinski definition) is 0. The van der Waals surface area contributed by atoms with Crippen molar-refractivity contribution in [1.82, 2.24) is 0 Å². The first-order chi connectivity index (χ1) is 15.9. The van der Waals surface area contributed by atoms with Crippen LogP contribution in [0.5, 0.6) is 0 Å². The highest BCUT2D eigenvalue weighted by molar-refractivity contribution is 6.25. The third-order valence-corrected chi connectivity index (χ3v) is 7.50. The van der Waals surface area contributed by atoms with E-state index < -0.39 is 28.1 Å². The molecule has 33 heavy (non-hydrogen) atoms. The number of non-ortho nitro benzene ring substituents is 1. The average Bonchev–Trinajstić information content (AvgIpc) is 3.10. The van der Waals surface area contributed by atoms with E-state index in [0.29, 0.717) is 11.3 Å². The molecule has 162 valence electrons. The summed E-state index contributed by atoms with van der Waals surface area (Å²) in [6.45, 7) is 1.64. The summed E-state index contributed by atoms with van der Waals surface area (Å²) in [5.41, 5.74) is 2.73. The normalized spacial score (nSPS) is 26.6. The molecule has 0 radical (unpaired) electrons. The predicted octanol–water partition coefficient (Wildman–Crippen LogP) is 3.65. The zero-order valence-electron chi connectivity index (χ0n) is 17.6. The van der Waals surface area contributed by atoms with Gasteiger partial charge in [-0.25, -0.2) is 4.90 Å². The van der Waals surface area contributed by atoms with Crippen LogP contribution >= 0.6 is 0 Å². The summed E-state index contributed by atoms with van der Waals surface area (Å²) in [4.78, 5) is 52.5. The molecule has 0 N–H and O–H groups in total. The molecule has 3 aliphatic carbocycles. The fourth-order valence-electron chi connectivity index (χ4n) is 6.27. The van der Waals surface area contributed by atoms with E-state index in [1.807, 2.05) is 48.5 Å². The number of aryl methyl sites for hydroxylation is 1. The monoisotopic (exact) mass is 438 g/mol. The minimum atomic E-state index is -1.26. The van der Waals surface area contributed by atoms with Crippen LogP contribution in [0.1, 0.15) is 33.7 Å². The Labute approximate surface area is 188 Å². The second-order valence-electron chi connectivity index (χ2n) is 8.88. The number of carbonyl (C=O) groups excluding carboxylic acids is 3. The van der Waals surface area contributed by atoms with E-state index in [2.05, 4.69) is 0 Å². The molecular weight excluding hydrogens is 420 g/mol. The zero-order valence-corrected chi connectivity index (χ0v) is 17.6. The Bertz CT molecular complexity index is 1360. The lowest BCUT2D eigenvalue weighted by molar-refractivity contribution is -0.384. The number of rotatable bonds is 3. The highest BCUT2D eigenvalue weighted by Crippen LogP contribution is 2.63. The summed E-state index contributed by atoms with van der Waals surface area (Å²) in [5.74, 6) is -2.75. The number of nitro benzene ring substituents is 1. The maximum absolute atomic E-state index is 13.9. The fraction of sp³-hybridized carbons (Fsp3) is 0.192. The molecule has 0 spiro atoms. The Morgan fingerprint density at radius 3 is 2.09 bits per heavy atom. The minimum Gasteiger partial charge on any atom is -0.302 e. The van der Waals surface area contributed by atoms with Crippen LogP contribution < -0.4 is 4.90 Å². The van der Waals surface area contributed by atoms with Crippen LogP contribution in [-0.4, -0.2) is 23.0 Å². The van der Waals surface area contributed by atoms with Gasteiger partial charge in [-0.15, -0.1) is 0 Å². The molecule has 1 saturated heterocycles. The number of anilines is 1. The van der Waals surface area contributed by atoms with Gasteiger partial charge in [0.15, 0.2) is 0 Å². The number of amides is 2. The average molecular weight is 438 g/mol. The number of hydrogen-bond acceptors (Lipinski definition) is 5. The van der Waals surface area contributed by atoms with E-state index in [-0.39, 0.29) is 17.5 Å². The number of aldehydes is 1. The molecule has 0 unspecified atom stereocenters. The first kappa shape index (κ1) is 19.5. The van der Waals surface area contributed by atoms with Gasteiger partial charge in [0.2, 0.25) is 11.8 Å². The highest BCUT2D eigenvalue weighted by Gasteiger charge is 2.68. The van der Waals surface area contributed by atoms with Crippen LogP contribution in [-0.2, 0) is 19.8 Å². The summed E-state index contributed by atoms with van der Waals surface area (Å²) >= 11 is 0. The van der Waals surface area contributed by atoms with Crippen molar-refractivity contribution in [1.29, 1.82) is 0 Å². The lowest BCUT2D eigenvalue weighted by Crippen LogP contribution is -2.54. The SMILES string of the molecule is Cc1cc([N+](=O)[O-])ccc1N1C(=O)[C@H]2C3c4ccccc4C(C=O)(c4ccccc43)[C@H]2C1=O. The van der Waals surface area contributed by atoms with Gasteiger partial charge in [0.1, 0.15) is 6.29 Å². The van der Waals surface area contributed by atoms with Crippen LogP contribution in [0.4, 0.5) is 11.4 Å². The van der Waals surface area contributed by atoms with Gasteiger partial charge < -0.3 is 4.79 Å². The quantitative estimate of drug-likeness (QED) is 0.269. The second kappa shape index (κ2) is 6.45. The third-order valence-electron chi connectivity index (χ3n) is 7.50. The third kappa shape index (κ3) is 2.21. The summed E-state index contributed by atoms with van der Waals surface area (Å²) in [7, 11) is 0. The Morgan fingerprint density at radius 1 is 0.939 bits per heavy atom. The number of carbonyl (C=O) groups is 3. The van der Waals surface area contributed by atoms with Crippen LogP contribution in [0, 0.1) is 28.9 Å². The predicted molar refractivity (Wildman–Crippen MR) is 119 cm³/mol. The van der Waals surface area contributed by atoms with E-state index in [1.54, 1.807) is 6.92 Å². The van der Waals surface area contributed by atoms with E-state index in [0.717, 1.165) is 33.4 Å². The van der Waals surface area contributed by atoms with Gasteiger partial charge in [-0.05, 0) is 40.8 Å². The number of imide groups is 1. The van der Waals surface area contributed by atoms with Gasteiger partial charge in [0.05, 0.1) is 27.9 Å². The lowest BCUT2D eigenvalue weighted by atomic mass is 9.48. The first-order valence-electron chi connectivity index (χ1n) is 10.7. The molecule has 0 saturated carbocycles. The number of nitrogens with zero attached hydrogens (tertiary/aromatic N) is 2. The Hall–Kier alpha value is -4.13. The number of nitro groups is 1. The smallest absolute Gasteiger partial charge is 0.269 e. The van der Waals surface area contributed by atoms with Gasteiger partial charge >= 0.3 is 0 Å². The maximum Gasteiger partial charge on any atom is 0.269 e. The van der Waals surface area contributed by atoms with Crippen molar-refractivity contribution < 1.29 is 19.3 Å². The molecule has 3 aromatic carbocycles. The summed E-state index contributed by atoms with van der Waals surface area (Å²) in [6, 6.07) is 19.2. The van der Waals surface area contributed by atoms with Gasteiger partial charge in [0.25, 0.3) is 5.69 Å². The zero-order chi connectivity index (χ0) is 23.1. The standard InChI is InChI=1S/C26H18N2O5/c1-14-12-15(28(32)33)10-11-20(14)27-24(30)22-21-16-6-2-4-8-18(16)26(13-29,23(22)25(27)31)19-9-5-3-7-17(19)21/h2-13,21-23H,1H3/t21?,22-,23+,26?/m0/s1. The topological polar surface area (TPSA) is 97.6 Å². The molecule has 7 rings (SSSR count). The number of benzene rings is 3. The Kier molecular flexibility index (Phi) is 3.82. The highest BCUT2D eigenvalue weighted by atomic mass is 16.6. The van der Waals surface area contributed by atoms with Crippen LogP contribution in [0.15, 0.2) is 66.7 Å². The van der Waals surface area contributed by atoms with Crippen molar-refractivity contribution in [3.05, 3.63) is 105 Å². The molecular formula is C26H18N2O5. The van der Waals surface area contributed by atoms with Crippen molar-refractivity contribution in [3.63, 3.8) is 0 Å². The van der Waals surface area contributed by atoms with Gasteiger partial charge in [-0.2, -0.15) is 0 Å². The minimum absolute atomic E-state index is 0.114. The molecule has 3 aromatic rings. The van der Waals surface area contributed by atoms with Crippen LogP contribution in [0.2, 0.25) is 0 Å². The molecule has 0 aromatic heterocycles. The Balaban J connectivity index is 1.60. The van der Waals surface area contributed by atoms with E-state index in [9.17, 15) is 24.5 Å². The van der Waals surface area contributed by atoms with E-state index >= 15 is 0 Å².